The lowest BCUT2D eigenvalue weighted by atomic mass is 10.0. The van der Waals surface area contributed by atoms with Crippen LogP contribution in [0.3, 0.4) is 0 Å². The van der Waals surface area contributed by atoms with E-state index in [2.05, 4.69) is 5.32 Å². The highest BCUT2D eigenvalue weighted by molar-refractivity contribution is 5.79. The number of rotatable bonds is 5. The van der Waals surface area contributed by atoms with Crippen molar-refractivity contribution < 1.29 is 9.53 Å². The van der Waals surface area contributed by atoms with E-state index in [1.165, 1.54) is 12.8 Å². The van der Waals surface area contributed by atoms with Crippen LogP contribution < -0.4 is 10.1 Å². The lowest BCUT2D eigenvalue weighted by molar-refractivity contribution is -0.125. The largest absolute Gasteiger partial charge is 0.494 e. The van der Waals surface area contributed by atoms with Crippen LogP contribution >= 0.6 is 0 Å². The third-order valence-corrected chi connectivity index (χ3v) is 3.78. The molecule has 2 rings (SSSR count). The first-order valence-corrected chi connectivity index (χ1v) is 7.24. The molecule has 1 aliphatic carbocycles. The average Bonchev–Trinajstić information content (AvgIpc) is 2.94. The highest BCUT2D eigenvalue weighted by atomic mass is 16.5. The molecule has 19 heavy (non-hydrogen) atoms. The van der Waals surface area contributed by atoms with E-state index in [1.54, 1.807) is 0 Å². The molecule has 3 nitrogen and oxygen atoms in total. The fourth-order valence-electron chi connectivity index (χ4n) is 2.62. The van der Waals surface area contributed by atoms with Gasteiger partial charge in [-0.05, 0) is 44.4 Å². The number of nitrogens with one attached hydrogen (secondary N) is 1. The number of carbonyl (C=O) groups is 1. The zero-order valence-corrected chi connectivity index (χ0v) is 11.8. The van der Waals surface area contributed by atoms with Gasteiger partial charge in [-0.3, -0.25) is 4.79 Å². The summed E-state index contributed by atoms with van der Waals surface area (Å²) in [6.07, 6.45) is 4.47. The van der Waals surface area contributed by atoms with Crippen molar-refractivity contribution in [2.24, 2.45) is 5.92 Å². The zero-order chi connectivity index (χ0) is 13.7. The van der Waals surface area contributed by atoms with Gasteiger partial charge in [-0.2, -0.15) is 0 Å². The summed E-state index contributed by atoms with van der Waals surface area (Å²) < 4.78 is 5.42. The minimum atomic E-state index is 0.0591. The van der Waals surface area contributed by atoms with E-state index in [9.17, 15) is 4.79 Å². The molecule has 0 heterocycles. The smallest absolute Gasteiger partial charge is 0.223 e. The lowest BCUT2D eigenvalue weighted by Crippen LogP contribution is -2.31. The van der Waals surface area contributed by atoms with Crippen molar-refractivity contribution >= 4 is 5.91 Å². The number of benzene rings is 1. The van der Waals surface area contributed by atoms with E-state index in [1.807, 2.05) is 38.1 Å². The molecule has 1 amide bonds. The molecule has 0 aliphatic heterocycles. The predicted octanol–water partition coefficient (Wildman–Crippen LogP) is 3.45. The predicted molar refractivity (Wildman–Crippen MR) is 76.1 cm³/mol. The van der Waals surface area contributed by atoms with Crippen LogP contribution in [0.5, 0.6) is 5.75 Å². The molecule has 1 atom stereocenters. The van der Waals surface area contributed by atoms with Crippen molar-refractivity contribution in [3.05, 3.63) is 29.8 Å². The molecule has 0 spiro atoms. The van der Waals surface area contributed by atoms with E-state index >= 15 is 0 Å². The molecule has 0 aromatic heterocycles. The zero-order valence-electron chi connectivity index (χ0n) is 11.8. The summed E-state index contributed by atoms with van der Waals surface area (Å²) in [5, 5.41) is 3.11. The molecule has 0 unspecified atom stereocenters. The Morgan fingerprint density at radius 3 is 2.53 bits per heavy atom. The van der Waals surface area contributed by atoms with Gasteiger partial charge in [0.15, 0.2) is 0 Å². The van der Waals surface area contributed by atoms with Crippen molar-refractivity contribution in [1.82, 2.24) is 5.32 Å². The topological polar surface area (TPSA) is 38.3 Å². The van der Waals surface area contributed by atoms with Gasteiger partial charge in [0, 0.05) is 5.92 Å². The summed E-state index contributed by atoms with van der Waals surface area (Å²) in [6.45, 7) is 4.67. The van der Waals surface area contributed by atoms with Crippen LogP contribution in [-0.2, 0) is 4.79 Å². The SMILES string of the molecule is CCOc1ccc([C@H](C)NC(=O)C2CCCC2)cc1. The molecular weight excluding hydrogens is 238 g/mol. The maximum Gasteiger partial charge on any atom is 0.223 e. The Kier molecular flexibility index (Phi) is 4.83. The van der Waals surface area contributed by atoms with Crippen LogP contribution in [0.2, 0.25) is 0 Å². The molecular formula is C16H23NO2. The number of ether oxygens (including phenoxy) is 1. The van der Waals surface area contributed by atoms with E-state index in [0.717, 1.165) is 24.2 Å². The summed E-state index contributed by atoms with van der Waals surface area (Å²) in [7, 11) is 0. The second kappa shape index (κ2) is 6.60. The quantitative estimate of drug-likeness (QED) is 0.881. The van der Waals surface area contributed by atoms with Crippen LogP contribution in [0, 0.1) is 5.92 Å². The van der Waals surface area contributed by atoms with Crippen molar-refractivity contribution in [1.29, 1.82) is 0 Å². The molecule has 0 bridgehead atoms. The molecule has 0 saturated heterocycles. The summed E-state index contributed by atoms with van der Waals surface area (Å²) in [5.41, 5.74) is 1.12. The van der Waals surface area contributed by atoms with Crippen LogP contribution in [0.15, 0.2) is 24.3 Å². The first-order chi connectivity index (χ1) is 9.20. The molecule has 1 aromatic carbocycles. The number of amides is 1. The summed E-state index contributed by atoms with van der Waals surface area (Å²) in [6, 6.07) is 8.01. The van der Waals surface area contributed by atoms with Crippen molar-refractivity contribution in [2.45, 2.75) is 45.6 Å². The highest BCUT2D eigenvalue weighted by Gasteiger charge is 2.23. The fourth-order valence-corrected chi connectivity index (χ4v) is 2.62. The van der Waals surface area contributed by atoms with Gasteiger partial charge in [-0.15, -0.1) is 0 Å². The van der Waals surface area contributed by atoms with Crippen molar-refractivity contribution in [2.75, 3.05) is 6.61 Å². The Bertz CT molecular complexity index is 407. The van der Waals surface area contributed by atoms with E-state index in [-0.39, 0.29) is 17.9 Å². The van der Waals surface area contributed by atoms with Crippen LogP contribution in [-0.4, -0.2) is 12.5 Å². The Hall–Kier alpha value is -1.51. The first kappa shape index (κ1) is 13.9. The Labute approximate surface area is 115 Å². The first-order valence-electron chi connectivity index (χ1n) is 7.24. The van der Waals surface area contributed by atoms with Gasteiger partial charge in [0.05, 0.1) is 12.6 Å². The second-order valence-corrected chi connectivity index (χ2v) is 5.21. The Morgan fingerprint density at radius 2 is 1.95 bits per heavy atom. The lowest BCUT2D eigenvalue weighted by Gasteiger charge is -2.17. The van der Waals surface area contributed by atoms with Gasteiger partial charge in [0.25, 0.3) is 0 Å². The Morgan fingerprint density at radius 1 is 1.32 bits per heavy atom. The van der Waals surface area contributed by atoms with Gasteiger partial charge in [-0.25, -0.2) is 0 Å². The minimum absolute atomic E-state index is 0.0591. The molecule has 1 fully saturated rings. The highest BCUT2D eigenvalue weighted by Crippen LogP contribution is 2.26. The van der Waals surface area contributed by atoms with Crippen molar-refractivity contribution in [3.8, 4) is 5.75 Å². The molecule has 1 aromatic rings. The monoisotopic (exact) mass is 261 g/mol. The van der Waals surface area contributed by atoms with Gasteiger partial charge in [0.2, 0.25) is 5.91 Å². The summed E-state index contributed by atoms with van der Waals surface area (Å²) in [4.78, 5) is 12.1. The van der Waals surface area contributed by atoms with E-state index < -0.39 is 0 Å². The number of hydrogen-bond acceptors (Lipinski definition) is 2. The number of carbonyl (C=O) groups excluding carboxylic acids is 1. The molecule has 1 N–H and O–H groups in total. The van der Waals surface area contributed by atoms with Crippen LogP contribution in [0.25, 0.3) is 0 Å². The fraction of sp³-hybridized carbons (Fsp3) is 0.562. The average molecular weight is 261 g/mol. The van der Waals surface area contributed by atoms with Crippen molar-refractivity contribution in [3.63, 3.8) is 0 Å². The Balaban J connectivity index is 1.91. The molecule has 104 valence electrons. The van der Waals surface area contributed by atoms with Gasteiger partial charge in [-0.1, -0.05) is 25.0 Å². The normalized spacial score (nSPS) is 17.2. The van der Waals surface area contributed by atoms with Gasteiger partial charge in [0.1, 0.15) is 5.75 Å². The third kappa shape index (κ3) is 3.72. The summed E-state index contributed by atoms with van der Waals surface area (Å²) in [5.74, 6) is 1.31. The molecule has 0 radical (unpaired) electrons. The van der Waals surface area contributed by atoms with Gasteiger partial charge < -0.3 is 10.1 Å². The molecule has 1 saturated carbocycles. The standard InChI is InChI=1S/C16H23NO2/c1-3-19-15-10-8-13(9-11-15)12(2)17-16(18)14-6-4-5-7-14/h8-12,14H,3-7H2,1-2H3,(H,17,18)/t12-/m0/s1. The van der Waals surface area contributed by atoms with E-state index in [0.29, 0.717) is 6.61 Å². The van der Waals surface area contributed by atoms with E-state index in [4.69, 9.17) is 4.74 Å². The maximum atomic E-state index is 12.1. The van der Waals surface area contributed by atoms with Crippen LogP contribution in [0.4, 0.5) is 0 Å². The van der Waals surface area contributed by atoms with Gasteiger partial charge >= 0.3 is 0 Å². The molecule has 3 heteroatoms. The summed E-state index contributed by atoms with van der Waals surface area (Å²) >= 11 is 0. The second-order valence-electron chi connectivity index (χ2n) is 5.21. The number of hydrogen-bond donors (Lipinski definition) is 1. The minimum Gasteiger partial charge on any atom is -0.494 e. The van der Waals surface area contributed by atoms with Crippen LogP contribution in [0.1, 0.15) is 51.1 Å². The molecule has 1 aliphatic rings. The third-order valence-electron chi connectivity index (χ3n) is 3.78. The maximum absolute atomic E-state index is 12.1.